The van der Waals surface area contributed by atoms with Gasteiger partial charge >= 0.3 is 53.7 Å². The predicted octanol–water partition coefficient (Wildman–Crippen LogP) is 8.85. The van der Waals surface area contributed by atoms with E-state index in [9.17, 15) is 93.7 Å². The molecule has 16 rings (SSSR count). The van der Waals surface area contributed by atoms with Crippen LogP contribution in [0.2, 0.25) is 0 Å². The van der Waals surface area contributed by atoms with E-state index in [1.54, 1.807) is 41.5 Å². The lowest BCUT2D eigenvalue weighted by Gasteiger charge is -2.31. The van der Waals surface area contributed by atoms with E-state index < -0.39 is 150 Å². The van der Waals surface area contributed by atoms with E-state index in [-0.39, 0.29) is 195 Å². The number of hydrogen-bond donors (Lipinski definition) is 0. The number of carbonyl (C=O) groups is 9. The molecule has 712 valence electrons. The van der Waals surface area contributed by atoms with Crippen LogP contribution in [0.5, 0.6) is 0 Å². The van der Waals surface area contributed by atoms with Crippen molar-refractivity contribution >= 4 is 113 Å². The third-order valence-corrected chi connectivity index (χ3v) is 44.3. The van der Waals surface area contributed by atoms with E-state index in [2.05, 4.69) is 0 Å². The number of hydrogen-bond acceptors (Lipinski definition) is 32. The second-order valence-electron chi connectivity index (χ2n) is 41.7. The number of fused-ring (bicyclic) bond motifs is 6. The maximum atomic E-state index is 12.5. The standard InChI is InChI=1S/C18H28O6S.C17H26O6S.C15H22O7S.C14H22O4S.C13H20O5S.C10H18O4S/c1-4-18(2,3)17(20)23-14-10-11-8-12(14)13(9-11)16(19)24-15-6-5-7-25(15,21)22;1-4-17(2,3)16(19)22-6-5-14(18)23-15-10-7-11-12(15)9-24(20,21)13(11)8-10;1-4-15(2,3)14(17)20-6-11(16)22-12-8-7-23(18,19)10-5-9(12)21-13(8)10;1-4-14(2,3)13(15)18-12-8-5-9-10(12)7-19(16,17)11(9)6-8;1-4-13(2,3)12(14)18-10-7-6-19(15,16)9-5-8(10)17-11(7)9;1-4-10(2,3)9(11)14-8-6-5-7-15(8,12)13/h11-15H,4-10H2,1-3H3;10-13,15H,4-9H2,1-3H3;8-10,12-13H,4-7H2,1-3H3;8-12H,4-7H2,1-3H3;7-11H,4-6H2,1-3H3;8H,4-7H2,1-3H3. The molecule has 16 fully saturated rings. The quantitative estimate of drug-likeness (QED) is 0.0608. The zero-order valence-electron chi connectivity index (χ0n) is 75.8. The van der Waals surface area contributed by atoms with Crippen LogP contribution in [0.3, 0.4) is 0 Å². The first-order valence-electron chi connectivity index (χ1n) is 45.1. The Labute approximate surface area is 739 Å². The average Bonchev–Trinajstić information content (AvgIpc) is 1.57. The third kappa shape index (κ3) is 21.0. The number of rotatable bonds is 25. The normalized spacial score (nSPS) is 36.9. The van der Waals surface area contributed by atoms with Gasteiger partial charge in [0.25, 0.3) is 0 Å². The van der Waals surface area contributed by atoms with Crippen molar-refractivity contribution < 1.29 is 146 Å². The first-order valence-corrected chi connectivity index (χ1v) is 55.4. The molecular weight excluding hydrogens is 1750 g/mol. The highest BCUT2D eigenvalue weighted by Gasteiger charge is 2.69. The Bertz CT molecular complexity index is 4700. The van der Waals surface area contributed by atoms with Gasteiger partial charge in [0, 0.05) is 29.6 Å². The van der Waals surface area contributed by atoms with Gasteiger partial charge in [-0.25, -0.2) is 55.3 Å². The van der Waals surface area contributed by atoms with E-state index in [0.29, 0.717) is 95.8 Å². The molecule has 32 nitrogen and oxygen atoms in total. The molecule has 26 unspecified atom stereocenters. The van der Waals surface area contributed by atoms with Crippen molar-refractivity contribution in [2.24, 2.45) is 97.6 Å². The van der Waals surface area contributed by atoms with E-state index in [4.69, 9.17) is 52.1 Å². The zero-order chi connectivity index (χ0) is 92.8. The Kier molecular flexibility index (Phi) is 29.8. The average molecular weight is 1890 g/mol. The Morgan fingerprint density at radius 2 is 0.688 bits per heavy atom. The van der Waals surface area contributed by atoms with Gasteiger partial charge in [-0.05, 0) is 235 Å². The fourth-order valence-electron chi connectivity index (χ4n) is 20.7. The molecule has 38 heteroatoms. The largest absolute Gasteiger partial charge is 0.465 e. The highest BCUT2D eigenvalue weighted by atomic mass is 32.2. The molecule has 0 amide bonds. The molecule has 6 saturated carbocycles. The van der Waals surface area contributed by atoms with Crippen LogP contribution < -0.4 is 0 Å². The zero-order valence-corrected chi connectivity index (χ0v) is 80.7. The van der Waals surface area contributed by atoms with Crippen molar-refractivity contribution in [3.8, 4) is 0 Å². The molecule has 0 aromatic heterocycles. The first-order chi connectivity index (χ1) is 57.8. The molecule has 125 heavy (non-hydrogen) atoms. The predicted molar refractivity (Wildman–Crippen MR) is 454 cm³/mol. The van der Waals surface area contributed by atoms with Gasteiger partial charge in [-0.1, -0.05) is 41.5 Å². The Morgan fingerprint density at radius 3 is 1.10 bits per heavy atom. The van der Waals surface area contributed by atoms with Crippen LogP contribution >= 0.6 is 0 Å². The minimum atomic E-state index is -3.31. The lowest BCUT2D eigenvalue weighted by Crippen LogP contribution is -2.40. The van der Waals surface area contributed by atoms with Crippen LogP contribution in [0.15, 0.2) is 0 Å². The molecule has 0 N–H and O–H groups in total. The van der Waals surface area contributed by atoms with Crippen LogP contribution in [0.1, 0.15) is 253 Å². The Hall–Kier alpha value is -5.15. The number of ether oxygens (including phenoxy) is 11. The maximum absolute atomic E-state index is 12.5. The summed E-state index contributed by atoms with van der Waals surface area (Å²) in [5.74, 6) is -2.25. The molecule has 26 atom stereocenters. The summed E-state index contributed by atoms with van der Waals surface area (Å²) in [6.45, 7) is 32.9. The fourth-order valence-corrected chi connectivity index (χ4v) is 33.8. The van der Waals surface area contributed by atoms with Crippen LogP contribution in [0.4, 0.5) is 0 Å². The van der Waals surface area contributed by atoms with E-state index >= 15 is 0 Å². The van der Waals surface area contributed by atoms with E-state index in [0.717, 1.165) is 32.1 Å². The molecule has 16 aliphatic rings. The molecule has 0 aromatic rings. The second kappa shape index (κ2) is 37.1. The second-order valence-corrected chi connectivity index (χ2v) is 55.3. The first kappa shape index (κ1) is 100. The molecule has 0 spiro atoms. The van der Waals surface area contributed by atoms with Crippen LogP contribution in [0.25, 0.3) is 0 Å². The molecular formula is C87H136O32S6. The van der Waals surface area contributed by atoms with Crippen LogP contribution in [0, 0.1) is 97.6 Å². The van der Waals surface area contributed by atoms with Crippen molar-refractivity contribution in [3.63, 3.8) is 0 Å². The Morgan fingerprint density at radius 1 is 0.328 bits per heavy atom. The smallest absolute Gasteiger partial charge is 0.344 e. The molecule has 0 radical (unpaired) electrons. The number of carbonyl (C=O) groups excluding carboxylic acids is 9. The van der Waals surface area contributed by atoms with Crippen molar-refractivity contribution in [1.82, 2.24) is 0 Å². The van der Waals surface area contributed by atoms with Crippen molar-refractivity contribution in [3.05, 3.63) is 0 Å². The highest BCUT2D eigenvalue weighted by molar-refractivity contribution is 7.93. The van der Waals surface area contributed by atoms with Gasteiger partial charge in [-0.15, -0.1) is 0 Å². The summed E-state index contributed by atoms with van der Waals surface area (Å²) >= 11 is 0. The van der Waals surface area contributed by atoms with Crippen molar-refractivity contribution in [2.45, 2.75) is 340 Å². The Balaban J connectivity index is 0.000000147. The molecule has 10 heterocycles. The summed E-state index contributed by atoms with van der Waals surface area (Å²) in [7, 11) is -18.7. The van der Waals surface area contributed by atoms with Crippen molar-refractivity contribution in [1.29, 1.82) is 0 Å². The molecule has 6 aliphatic carbocycles. The van der Waals surface area contributed by atoms with Crippen LogP contribution in [-0.2, 0) is 154 Å². The summed E-state index contributed by atoms with van der Waals surface area (Å²) in [6.07, 6.45) is 9.50. The third-order valence-electron chi connectivity index (χ3n) is 31.2. The van der Waals surface area contributed by atoms with Gasteiger partial charge in [0.15, 0.2) is 65.6 Å². The van der Waals surface area contributed by atoms with Gasteiger partial charge in [-0.2, -0.15) is 0 Å². The van der Waals surface area contributed by atoms with E-state index in [1.165, 1.54) is 0 Å². The number of esters is 9. The van der Waals surface area contributed by atoms with Gasteiger partial charge in [0.1, 0.15) is 37.1 Å². The molecule has 10 bridgehead atoms. The molecule has 0 aromatic carbocycles. The molecule has 10 saturated heterocycles. The van der Waals surface area contributed by atoms with Gasteiger partial charge < -0.3 is 52.1 Å². The topological polar surface area (TPSA) is 460 Å². The fraction of sp³-hybridized carbons (Fsp3) is 0.897. The monoisotopic (exact) mass is 1880 g/mol. The van der Waals surface area contributed by atoms with Gasteiger partial charge in [0.05, 0.1) is 125 Å². The summed E-state index contributed by atoms with van der Waals surface area (Å²) in [6, 6.07) is 0. The minimum Gasteiger partial charge on any atom is -0.465 e. The van der Waals surface area contributed by atoms with Gasteiger partial charge in [0.2, 0.25) is 10.9 Å². The SMILES string of the molecule is CCC(C)(C)C(=O)OC1C2CC3C(O2)C1CS3(=O)=O.CCC(C)(C)C(=O)OC1C2CC3C1CS(=O)(=O)C3C2.CCC(C)(C)C(=O)OC1CC2CC(C(=O)OC3CCCS3(=O)=O)C1C2.CCC(C)(C)C(=O)OC1CCCS1(=O)=O.CCC(C)(C)C(=O)OCC(=O)OC1C2CC3C(O2)C1CS3(=O)=O.CCC(C)(C)C(=O)OCCC(=O)OC1C2CC3C1CS(=O)(=O)C3C2. The highest BCUT2D eigenvalue weighted by Crippen LogP contribution is 2.60. The van der Waals surface area contributed by atoms with E-state index in [1.807, 2.05) is 83.1 Å². The lowest BCUT2D eigenvalue weighted by molar-refractivity contribution is -0.169. The van der Waals surface area contributed by atoms with Crippen LogP contribution in [-0.4, -0.2) is 239 Å². The summed E-state index contributed by atoms with van der Waals surface area (Å²) < 4.78 is 203. The lowest BCUT2D eigenvalue weighted by atomic mass is 9.86. The summed E-state index contributed by atoms with van der Waals surface area (Å²) in [5, 5.41) is -1.16. The number of sulfone groups is 6. The molecule has 10 aliphatic heterocycles. The minimum absolute atomic E-state index is 0.000562. The van der Waals surface area contributed by atoms with Crippen molar-refractivity contribution in [2.75, 3.05) is 47.7 Å². The maximum Gasteiger partial charge on any atom is 0.344 e. The summed E-state index contributed by atoms with van der Waals surface area (Å²) in [5.41, 5.74) is -5.23. The summed E-state index contributed by atoms with van der Waals surface area (Å²) in [4.78, 5) is 109. The van der Waals surface area contributed by atoms with Gasteiger partial charge in [-0.3, -0.25) is 38.4 Å².